The summed E-state index contributed by atoms with van der Waals surface area (Å²) in [4.78, 5) is 11.0. The highest BCUT2D eigenvalue weighted by atomic mass is 79.9. The van der Waals surface area contributed by atoms with Gasteiger partial charge in [0.25, 0.3) is 0 Å². The summed E-state index contributed by atoms with van der Waals surface area (Å²) in [5.41, 5.74) is 0.603. The largest absolute Gasteiger partial charge is 0.478 e. The lowest BCUT2D eigenvalue weighted by atomic mass is 10.1. The summed E-state index contributed by atoms with van der Waals surface area (Å²) in [7, 11) is 1.52. The lowest BCUT2D eigenvalue weighted by Gasteiger charge is -2.18. The molecule has 1 rings (SSSR count). The van der Waals surface area contributed by atoms with E-state index >= 15 is 0 Å². The van der Waals surface area contributed by atoms with Crippen molar-refractivity contribution in [1.29, 1.82) is 0 Å². The van der Waals surface area contributed by atoms with Crippen LogP contribution in [0, 0.1) is 0 Å². The van der Waals surface area contributed by atoms with Crippen LogP contribution in [-0.4, -0.2) is 42.5 Å². The Morgan fingerprint density at radius 1 is 1.59 bits per heavy atom. The number of ether oxygens (including phenoxy) is 1. The van der Waals surface area contributed by atoms with E-state index in [0.29, 0.717) is 12.3 Å². The number of nitrogens with one attached hydrogen (secondary N) is 1. The van der Waals surface area contributed by atoms with Crippen molar-refractivity contribution < 1.29 is 19.7 Å². The fourth-order valence-electron chi connectivity index (χ4n) is 1.38. The number of aliphatic hydroxyl groups is 1. The molecule has 0 aliphatic heterocycles. The maximum atomic E-state index is 11.0. The van der Waals surface area contributed by atoms with Gasteiger partial charge in [-0.3, -0.25) is 0 Å². The van der Waals surface area contributed by atoms with Crippen LogP contribution in [0.5, 0.6) is 0 Å². The summed E-state index contributed by atoms with van der Waals surface area (Å²) in [5, 5.41) is 21.1. The number of aromatic carboxylic acids is 1. The van der Waals surface area contributed by atoms with Gasteiger partial charge in [-0.05, 0) is 18.2 Å². The number of carboxylic acid groups (broad SMARTS) is 1. The van der Waals surface area contributed by atoms with E-state index in [9.17, 15) is 4.79 Å². The molecule has 0 aromatic heterocycles. The van der Waals surface area contributed by atoms with Gasteiger partial charge in [-0.15, -0.1) is 0 Å². The molecule has 1 aromatic rings. The lowest BCUT2D eigenvalue weighted by molar-refractivity contribution is 0.0697. The van der Waals surface area contributed by atoms with Crippen LogP contribution in [0.1, 0.15) is 10.4 Å². The predicted octanol–water partition coefficient (Wildman–Crippen LogP) is 1.57. The third-order valence-corrected chi connectivity index (χ3v) is 2.65. The highest BCUT2D eigenvalue weighted by Crippen LogP contribution is 2.22. The summed E-state index contributed by atoms with van der Waals surface area (Å²) in [6.07, 6.45) is 0. The second-order valence-electron chi connectivity index (χ2n) is 3.47. The molecular weight excluding hydrogens is 290 g/mol. The van der Waals surface area contributed by atoms with Crippen molar-refractivity contribution in [3.63, 3.8) is 0 Å². The van der Waals surface area contributed by atoms with E-state index in [-0.39, 0.29) is 18.2 Å². The van der Waals surface area contributed by atoms with Crippen molar-refractivity contribution in [2.24, 2.45) is 0 Å². The minimum Gasteiger partial charge on any atom is -0.478 e. The van der Waals surface area contributed by atoms with Crippen LogP contribution >= 0.6 is 15.9 Å². The van der Waals surface area contributed by atoms with Gasteiger partial charge < -0.3 is 20.3 Å². The minimum absolute atomic E-state index is 0.139. The number of aliphatic hydroxyl groups excluding tert-OH is 1. The van der Waals surface area contributed by atoms with Crippen molar-refractivity contribution in [2.75, 3.05) is 25.6 Å². The molecule has 0 saturated heterocycles. The number of rotatable bonds is 6. The van der Waals surface area contributed by atoms with E-state index < -0.39 is 5.97 Å². The third-order valence-electron chi connectivity index (χ3n) is 2.16. The van der Waals surface area contributed by atoms with E-state index in [2.05, 4.69) is 21.2 Å². The van der Waals surface area contributed by atoms with Gasteiger partial charge in [-0.1, -0.05) is 15.9 Å². The molecule has 3 N–H and O–H groups in total. The van der Waals surface area contributed by atoms with Crippen LogP contribution in [0.2, 0.25) is 0 Å². The van der Waals surface area contributed by atoms with Gasteiger partial charge in [0.15, 0.2) is 0 Å². The van der Waals surface area contributed by atoms with Crippen molar-refractivity contribution in [3.05, 3.63) is 28.2 Å². The highest BCUT2D eigenvalue weighted by Gasteiger charge is 2.14. The smallest absolute Gasteiger partial charge is 0.337 e. The summed E-state index contributed by atoms with van der Waals surface area (Å²) in [5.74, 6) is -1.02. The van der Waals surface area contributed by atoms with Crippen LogP contribution in [-0.2, 0) is 4.74 Å². The van der Waals surface area contributed by atoms with E-state index in [4.69, 9.17) is 14.9 Å². The highest BCUT2D eigenvalue weighted by molar-refractivity contribution is 9.10. The van der Waals surface area contributed by atoms with Crippen LogP contribution in [0.15, 0.2) is 22.7 Å². The number of hydrogen-bond acceptors (Lipinski definition) is 4. The first-order chi connectivity index (χ1) is 8.08. The average Bonchev–Trinajstić information content (AvgIpc) is 2.28. The molecule has 0 spiro atoms. The molecule has 1 atom stereocenters. The molecule has 1 aromatic carbocycles. The Kier molecular flexibility index (Phi) is 5.40. The molecule has 17 heavy (non-hydrogen) atoms. The molecule has 5 nitrogen and oxygen atoms in total. The second kappa shape index (κ2) is 6.58. The molecule has 0 heterocycles. The summed E-state index contributed by atoms with van der Waals surface area (Å²) in [6.45, 7) is 0.154. The molecule has 0 radical (unpaired) electrons. The zero-order valence-electron chi connectivity index (χ0n) is 9.31. The molecule has 0 amide bonds. The molecule has 0 aliphatic rings. The number of hydrogen-bond donors (Lipinski definition) is 3. The maximum absolute atomic E-state index is 11.0. The zero-order chi connectivity index (χ0) is 12.8. The predicted molar refractivity (Wildman–Crippen MR) is 67.5 cm³/mol. The van der Waals surface area contributed by atoms with Crippen LogP contribution in [0.4, 0.5) is 5.69 Å². The average molecular weight is 304 g/mol. The summed E-state index contributed by atoms with van der Waals surface area (Å²) >= 11 is 3.27. The van der Waals surface area contributed by atoms with Gasteiger partial charge >= 0.3 is 5.97 Å². The number of benzene rings is 1. The number of carbonyl (C=O) groups is 1. The second-order valence-corrected chi connectivity index (χ2v) is 4.39. The molecule has 0 aliphatic carbocycles. The topological polar surface area (TPSA) is 78.8 Å². The van der Waals surface area contributed by atoms with Crippen LogP contribution in [0.3, 0.4) is 0 Å². The van der Waals surface area contributed by atoms with Gasteiger partial charge in [0.2, 0.25) is 0 Å². The molecule has 94 valence electrons. The first kappa shape index (κ1) is 14.0. The molecule has 1 unspecified atom stereocenters. The Morgan fingerprint density at radius 2 is 2.29 bits per heavy atom. The zero-order valence-corrected chi connectivity index (χ0v) is 10.9. The van der Waals surface area contributed by atoms with Gasteiger partial charge in [0.1, 0.15) is 0 Å². The fraction of sp³-hybridized carbons (Fsp3) is 0.364. The normalized spacial score (nSPS) is 12.2. The Bertz CT molecular complexity index is 397. The van der Waals surface area contributed by atoms with Crippen molar-refractivity contribution in [2.45, 2.75) is 6.04 Å². The first-order valence-corrected chi connectivity index (χ1v) is 5.77. The van der Waals surface area contributed by atoms with E-state index in [1.165, 1.54) is 13.2 Å². The molecule has 0 fully saturated rings. The quantitative estimate of drug-likeness (QED) is 0.743. The first-order valence-electron chi connectivity index (χ1n) is 4.97. The van der Waals surface area contributed by atoms with Crippen molar-refractivity contribution >= 4 is 27.6 Å². The number of methoxy groups -OCH3 is 1. The van der Waals surface area contributed by atoms with Gasteiger partial charge in [0, 0.05) is 11.6 Å². The summed E-state index contributed by atoms with van der Waals surface area (Å²) in [6, 6.07) is 4.46. The Hall–Kier alpha value is -1.11. The monoisotopic (exact) mass is 303 g/mol. The Morgan fingerprint density at radius 3 is 2.82 bits per heavy atom. The van der Waals surface area contributed by atoms with Crippen LogP contribution in [0.25, 0.3) is 0 Å². The van der Waals surface area contributed by atoms with E-state index in [0.717, 1.165) is 4.47 Å². The lowest BCUT2D eigenvalue weighted by Crippen LogP contribution is -2.29. The number of halogens is 1. The molecule has 0 saturated carbocycles. The minimum atomic E-state index is -1.02. The fourth-order valence-corrected chi connectivity index (χ4v) is 1.74. The van der Waals surface area contributed by atoms with E-state index in [1.807, 2.05) is 0 Å². The number of carboxylic acids is 1. The number of anilines is 1. The van der Waals surface area contributed by atoms with Crippen LogP contribution < -0.4 is 5.32 Å². The Labute approximate surface area is 108 Å². The maximum Gasteiger partial charge on any atom is 0.337 e. The molecular formula is C11H14BrNO4. The van der Waals surface area contributed by atoms with Crippen molar-refractivity contribution in [3.8, 4) is 0 Å². The molecule has 6 heteroatoms. The van der Waals surface area contributed by atoms with Gasteiger partial charge in [-0.25, -0.2) is 4.79 Å². The van der Waals surface area contributed by atoms with Crippen molar-refractivity contribution in [1.82, 2.24) is 0 Å². The van der Waals surface area contributed by atoms with Gasteiger partial charge in [0.05, 0.1) is 30.5 Å². The molecule has 0 bridgehead atoms. The van der Waals surface area contributed by atoms with E-state index in [1.54, 1.807) is 12.1 Å². The Balaban J connectivity index is 2.94. The SMILES string of the molecule is COCC(CO)Nc1cc(Br)ccc1C(=O)O. The third kappa shape index (κ3) is 3.99. The standard InChI is InChI=1S/C11H14BrNO4/c1-17-6-8(5-14)13-10-4-7(12)2-3-9(10)11(15)16/h2-4,8,13-14H,5-6H2,1H3,(H,15,16). The summed E-state index contributed by atoms with van der Waals surface area (Å²) < 4.78 is 5.68. The van der Waals surface area contributed by atoms with Gasteiger partial charge in [-0.2, -0.15) is 0 Å².